The highest BCUT2D eigenvalue weighted by molar-refractivity contribution is 9.10. The van der Waals surface area contributed by atoms with Crippen LogP contribution in [-0.4, -0.2) is 30.6 Å². The smallest absolute Gasteiger partial charge is 0.244 e. The molecule has 2 N–H and O–H groups in total. The molecule has 0 unspecified atom stereocenters. The van der Waals surface area contributed by atoms with Gasteiger partial charge in [-0.25, -0.2) is 8.42 Å². The first-order valence-corrected chi connectivity index (χ1v) is 14.0. The molecule has 3 aromatic rings. The number of benzene rings is 2. The molecule has 0 bridgehead atoms. The standard InChI is InChI=1S/C24H29BrN4O3S2/c1-6-15(2)20(29-34(31,32)19-13-9-17(10-14-19)24(3,4)5)21(30)26-23-28-27-22(33-23)16-7-11-18(25)12-8-16/h7-15,20,29H,6H2,1-5H3,(H,26,28,30)/t15-,20+/m0/s1. The molecule has 0 radical (unpaired) electrons. The van der Waals surface area contributed by atoms with E-state index in [1.165, 1.54) is 11.3 Å². The average molecular weight is 566 g/mol. The van der Waals surface area contributed by atoms with Crippen molar-refractivity contribution in [3.63, 3.8) is 0 Å². The van der Waals surface area contributed by atoms with E-state index in [2.05, 4.69) is 56.9 Å². The van der Waals surface area contributed by atoms with Gasteiger partial charge in [0, 0.05) is 10.0 Å². The van der Waals surface area contributed by atoms with Crippen LogP contribution in [0.3, 0.4) is 0 Å². The van der Waals surface area contributed by atoms with Crippen LogP contribution in [0, 0.1) is 5.92 Å². The van der Waals surface area contributed by atoms with Gasteiger partial charge in [-0.2, -0.15) is 4.72 Å². The Morgan fingerprint density at radius 3 is 2.24 bits per heavy atom. The fourth-order valence-corrected chi connectivity index (χ4v) is 5.52. The van der Waals surface area contributed by atoms with Gasteiger partial charge in [-0.3, -0.25) is 10.1 Å². The highest BCUT2D eigenvalue weighted by atomic mass is 79.9. The maximum Gasteiger partial charge on any atom is 0.244 e. The van der Waals surface area contributed by atoms with E-state index < -0.39 is 22.0 Å². The average Bonchev–Trinajstić information content (AvgIpc) is 3.25. The zero-order valence-corrected chi connectivity index (χ0v) is 23.0. The van der Waals surface area contributed by atoms with Gasteiger partial charge >= 0.3 is 0 Å². The summed E-state index contributed by atoms with van der Waals surface area (Å²) in [6.45, 7) is 9.94. The Morgan fingerprint density at radius 1 is 1.06 bits per heavy atom. The SMILES string of the molecule is CC[C@H](C)[C@@H](NS(=O)(=O)c1ccc(C(C)(C)C)cc1)C(=O)Nc1nnc(-c2ccc(Br)cc2)s1. The van der Waals surface area contributed by atoms with Crippen molar-refractivity contribution in [1.82, 2.24) is 14.9 Å². The first-order valence-electron chi connectivity index (χ1n) is 10.9. The van der Waals surface area contributed by atoms with Gasteiger partial charge in [-0.05, 0) is 41.2 Å². The van der Waals surface area contributed by atoms with Crippen LogP contribution < -0.4 is 10.0 Å². The zero-order chi connectivity index (χ0) is 25.1. The van der Waals surface area contributed by atoms with E-state index in [0.29, 0.717) is 16.6 Å². The highest BCUT2D eigenvalue weighted by Crippen LogP contribution is 2.28. The molecule has 0 spiro atoms. The molecule has 3 rings (SSSR count). The number of carbonyl (C=O) groups is 1. The van der Waals surface area contributed by atoms with Crippen molar-refractivity contribution in [2.24, 2.45) is 5.92 Å². The van der Waals surface area contributed by atoms with Gasteiger partial charge in [0.1, 0.15) is 11.0 Å². The van der Waals surface area contributed by atoms with Crippen LogP contribution >= 0.6 is 27.3 Å². The van der Waals surface area contributed by atoms with Crippen LogP contribution in [0.5, 0.6) is 0 Å². The largest absolute Gasteiger partial charge is 0.299 e. The van der Waals surface area contributed by atoms with Crippen molar-refractivity contribution in [2.45, 2.75) is 57.4 Å². The molecule has 0 aliphatic carbocycles. The molecule has 0 aliphatic rings. The molecule has 1 heterocycles. The topological polar surface area (TPSA) is 101 Å². The zero-order valence-electron chi connectivity index (χ0n) is 19.8. The first kappa shape index (κ1) is 26.5. The Kier molecular flexibility index (Phi) is 8.28. The Bertz CT molecular complexity index is 1230. The van der Waals surface area contributed by atoms with Crippen molar-refractivity contribution >= 4 is 48.3 Å². The van der Waals surface area contributed by atoms with E-state index >= 15 is 0 Å². The molecular weight excluding hydrogens is 536 g/mol. The molecular formula is C24H29BrN4O3S2. The van der Waals surface area contributed by atoms with Gasteiger partial charge in [0.05, 0.1) is 4.90 Å². The molecule has 2 aromatic carbocycles. The van der Waals surface area contributed by atoms with Crippen LogP contribution in [0.25, 0.3) is 10.6 Å². The third-order valence-electron chi connectivity index (χ3n) is 5.55. The summed E-state index contributed by atoms with van der Waals surface area (Å²) in [5.41, 5.74) is 1.81. The number of hydrogen-bond acceptors (Lipinski definition) is 6. The summed E-state index contributed by atoms with van der Waals surface area (Å²) in [6, 6.07) is 13.4. The number of carbonyl (C=O) groups excluding carboxylic acids is 1. The van der Waals surface area contributed by atoms with Crippen molar-refractivity contribution in [2.75, 3.05) is 5.32 Å². The minimum absolute atomic E-state index is 0.0916. The lowest BCUT2D eigenvalue weighted by Crippen LogP contribution is -2.47. The van der Waals surface area contributed by atoms with E-state index in [1.807, 2.05) is 38.1 Å². The number of nitrogens with zero attached hydrogens (tertiary/aromatic N) is 2. The number of sulfonamides is 1. The first-order chi connectivity index (χ1) is 15.9. The van der Waals surface area contributed by atoms with E-state index in [4.69, 9.17) is 0 Å². The molecule has 1 aromatic heterocycles. The third kappa shape index (κ3) is 6.50. The molecule has 34 heavy (non-hydrogen) atoms. The number of nitrogens with one attached hydrogen (secondary N) is 2. The van der Waals surface area contributed by atoms with Gasteiger partial charge < -0.3 is 0 Å². The van der Waals surface area contributed by atoms with Gasteiger partial charge in [0.25, 0.3) is 0 Å². The Balaban J connectivity index is 1.78. The number of aromatic nitrogens is 2. The second kappa shape index (κ2) is 10.6. The van der Waals surface area contributed by atoms with Gasteiger partial charge in [-0.15, -0.1) is 10.2 Å². The van der Waals surface area contributed by atoms with Crippen LogP contribution in [0.15, 0.2) is 57.9 Å². The minimum atomic E-state index is -3.90. The Labute approximate surface area is 213 Å². The third-order valence-corrected chi connectivity index (χ3v) is 8.43. The van der Waals surface area contributed by atoms with Gasteiger partial charge in [0.15, 0.2) is 0 Å². The second-order valence-electron chi connectivity index (χ2n) is 9.17. The molecule has 0 saturated heterocycles. The summed E-state index contributed by atoms with van der Waals surface area (Å²) in [5.74, 6) is -0.703. The summed E-state index contributed by atoms with van der Waals surface area (Å²) in [5, 5.41) is 11.9. The maximum atomic E-state index is 13.1. The fraction of sp³-hybridized carbons (Fsp3) is 0.375. The number of halogens is 1. The van der Waals surface area contributed by atoms with Gasteiger partial charge in [-0.1, -0.05) is 92.6 Å². The predicted octanol–water partition coefficient (Wildman–Crippen LogP) is 5.60. The molecule has 2 atom stereocenters. The lowest BCUT2D eigenvalue weighted by molar-refractivity contribution is -0.118. The van der Waals surface area contributed by atoms with Crippen LogP contribution in [-0.2, 0) is 20.2 Å². The molecule has 7 nitrogen and oxygen atoms in total. The summed E-state index contributed by atoms with van der Waals surface area (Å²) in [4.78, 5) is 13.2. The Morgan fingerprint density at radius 2 is 1.68 bits per heavy atom. The van der Waals surface area contributed by atoms with Crippen molar-refractivity contribution in [1.29, 1.82) is 0 Å². The van der Waals surface area contributed by atoms with Crippen LogP contribution in [0.4, 0.5) is 5.13 Å². The lowest BCUT2D eigenvalue weighted by atomic mass is 9.87. The van der Waals surface area contributed by atoms with Crippen molar-refractivity contribution in [3.05, 3.63) is 58.6 Å². The van der Waals surface area contributed by atoms with E-state index in [1.54, 1.807) is 24.3 Å². The summed E-state index contributed by atoms with van der Waals surface area (Å²) < 4.78 is 29.7. The number of anilines is 1. The van der Waals surface area contributed by atoms with Crippen molar-refractivity contribution in [3.8, 4) is 10.6 Å². The number of hydrogen-bond donors (Lipinski definition) is 2. The Hall–Kier alpha value is -2.14. The number of rotatable bonds is 8. The molecule has 0 aliphatic heterocycles. The fourth-order valence-electron chi connectivity index (χ4n) is 3.20. The summed E-state index contributed by atoms with van der Waals surface area (Å²) in [7, 11) is -3.90. The van der Waals surface area contributed by atoms with E-state index in [0.717, 1.165) is 15.6 Å². The second-order valence-corrected chi connectivity index (χ2v) is 12.8. The molecule has 0 saturated carbocycles. The molecule has 10 heteroatoms. The van der Waals surface area contributed by atoms with Crippen LogP contribution in [0.1, 0.15) is 46.6 Å². The molecule has 182 valence electrons. The molecule has 1 amide bonds. The van der Waals surface area contributed by atoms with E-state index in [9.17, 15) is 13.2 Å². The normalized spacial score (nSPS) is 13.9. The van der Waals surface area contributed by atoms with Crippen LogP contribution in [0.2, 0.25) is 0 Å². The monoisotopic (exact) mass is 564 g/mol. The van der Waals surface area contributed by atoms with E-state index in [-0.39, 0.29) is 16.2 Å². The lowest BCUT2D eigenvalue weighted by Gasteiger charge is -2.23. The van der Waals surface area contributed by atoms with Gasteiger partial charge in [0.2, 0.25) is 21.1 Å². The minimum Gasteiger partial charge on any atom is -0.299 e. The number of amides is 1. The molecule has 0 fully saturated rings. The summed E-state index contributed by atoms with van der Waals surface area (Å²) in [6.07, 6.45) is 0.615. The highest BCUT2D eigenvalue weighted by Gasteiger charge is 2.30. The quantitative estimate of drug-likeness (QED) is 0.371. The maximum absolute atomic E-state index is 13.1. The van der Waals surface area contributed by atoms with Crippen molar-refractivity contribution < 1.29 is 13.2 Å². The summed E-state index contributed by atoms with van der Waals surface area (Å²) >= 11 is 4.63. The predicted molar refractivity (Wildman–Crippen MR) is 140 cm³/mol.